The van der Waals surface area contributed by atoms with Crippen LogP contribution in [0.5, 0.6) is 5.75 Å². The van der Waals surface area contributed by atoms with Crippen LogP contribution >= 0.6 is 15.9 Å². The minimum Gasteiger partial charge on any atom is -0.487 e. The van der Waals surface area contributed by atoms with Gasteiger partial charge in [0.05, 0.1) is 5.69 Å². The number of halogens is 1. The predicted octanol–water partition coefficient (Wildman–Crippen LogP) is 3.92. The smallest absolute Gasteiger partial charge is 0.143 e. The number of benzene rings is 2. The molecule has 2 N–H and O–H groups in total. The zero-order valence-electron chi connectivity index (χ0n) is 9.61. The van der Waals surface area contributed by atoms with Gasteiger partial charge in [-0.2, -0.15) is 0 Å². The topological polar surface area (TPSA) is 35.2 Å². The van der Waals surface area contributed by atoms with E-state index in [4.69, 9.17) is 10.5 Å². The van der Waals surface area contributed by atoms with Gasteiger partial charge in [0.1, 0.15) is 12.4 Å². The summed E-state index contributed by atoms with van der Waals surface area (Å²) >= 11 is 3.44. The Labute approximate surface area is 110 Å². The highest BCUT2D eigenvalue weighted by Gasteiger charge is 2.04. The molecule has 2 aromatic carbocycles. The van der Waals surface area contributed by atoms with Gasteiger partial charge >= 0.3 is 0 Å². The van der Waals surface area contributed by atoms with E-state index in [9.17, 15) is 0 Å². The Balaban J connectivity index is 2.12. The lowest BCUT2D eigenvalue weighted by Gasteiger charge is -2.10. The molecule has 0 aromatic heterocycles. The van der Waals surface area contributed by atoms with Gasteiger partial charge in [0.25, 0.3) is 0 Å². The SMILES string of the molecule is Cc1cc(OCc2ccccc2)c(N)cc1Br. The van der Waals surface area contributed by atoms with Crippen molar-refractivity contribution in [3.8, 4) is 5.75 Å². The van der Waals surface area contributed by atoms with E-state index in [2.05, 4.69) is 15.9 Å². The van der Waals surface area contributed by atoms with Crippen LogP contribution in [0.2, 0.25) is 0 Å². The van der Waals surface area contributed by atoms with Gasteiger partial charge in [-0.1, -0.05) is 46.3 Å². The lowest BCUT2D eigenvalue weighted by atomic mass is 10.2. The predicted molar refractivity (Wildman–Crippen MR) is 74.1 cm³/mol. The second kappa shape index (κ2) is 5.23. The van der Waals surface area contributed by atoms with E-state index >= 15 is 0 Å². The molecule has 0 saturated heterocycles. The summed E-state index contributed by atoms with van der Waals surface area (Å²) in [6, 6.07) is 13.9. The highest BCUT2D eigenvalue weighted by molar-refractivity contribution is 9.10. The number of aryl methyl sites for hydroxylation is 1. The largest absolute Gasteiger partial charge is 0.487 e. The van der Waals surface area contributed by atoms with Gasteiger partial charge in [-0.05, 0) is 30.2 Å². The van der Waals surface area contributed by atoms with E-state index in [1.807, 2.05) is 49.4 Å². The Morgan fingerprint density at radius 2 is 1.88 bits per heavy atom. The molecule has 2 nitrogen and oxygen atoms in total. The molecule has 3 heteroatoms. The van der Waals surface area contributed by atoms with E-state index in [0.717, 1.165) is 21.3 Å². The van der Waals surface area contributed by atoms with Crippen molar-refractivity contribution in [3.05, 3.63) is 58.1 Å². The van der Waals surface area contributed by atoms with Crippen molar-refractivity contribution in [1.82, 2.24) is 0 Å². The Kier molecular flexibility index (Phi) is 3.69. The fourth-order valence-corrected chi connectivity index (χ4v) is 1.89. The molecule has 0 radical (unpaired) electrons. The van der Waals surface area contributed by atoms with Crippen molar-refractivity contribution in [2.45, 2.75) is 13.5 Å². The molecule has 0 aliphatic rings. The number of ether oxygens (including phenoxy) is 1. The zero-order chi connectivity index (χ0) is 12.3. The van der Waals surface area contributed by atoms with Crippen LogP contribution < -0.4 is 10.5 Å². The zero-order valence-corrected chi connectivity index (χ0v) is 11.2. The summed E-state index contributed by atoms with van der Waals surface area (Å²) in [5.74, 6) is 0.731. The second-order valence-corrected chi connectivity index (χ2v) is 4.77. The standard InChI is InChI=1S/C14H14BrNO/c1-10-7-14(13(16)8-12(10)15)17-9-11-5-3-2-4-6-11/h2-8H,9,16H2,1H3. The van der Waals surface area contributed by atoms with E-state index in [0.29, 0.717) is 12.3 Å². The first-order valence-corrected chi connectivity index (χ1v) is 6.18. The van der Waals surface area contributed by atoms with Crippen LogP contribution in [-0.4, -0.2) is 0 Å². The first kappa shape index (κ1) is 12.0. The number of nitrogen functional groups attached to an aromatic ring is 1. The van der Waals surface area contributed by atoms with Gasteiger partial charge in [-0.15, -0.1) is 0 Å². The number of anilines is 1. The van der Waals surface area contributed by atoms with Gasteiger partial charge in [0.15, 0.2) is 0 Å². The third-order valence-corrected chi connectivity index (χ3v) is 3.38. The molecule has 2 rings (SSSR count). The summed E-state index contributed by atoms with van der Waals surface area (Å²) in [4.78, 5) is 0. The van der Waals surface area contributed by atoms with Crippen LogP contribution in [0.3, 0.4) is 0 Å². The summed E-state index contributed by atoms with van der Waals surface area (Å²) in [6.45, 7) is 2.55. The highest BCUT2D eigenvalue weighted by Crippen LogP contribution is 2.29. The second-order valence-electron chi connectivity index (χ2n) is 3.91. The van der Waals surface area contributed by atoms with Crippen LogP contribution in [0.25, 0.3) is 0 Å². The molecule has 0 aliphatic heterocycles. The molecule has 17 heavy (non-hydrogen) atoms. The van der Waals surface area contributed by atoms with Crippen LogP contribution in [0.1, 0.15) is 11.1 Å². The van der Waals surface area contributed by atoms with Crippen molar-refractivity contribution in [2.75, 3.05) is 5.73 Å². The van der Waals surface area contributed by atoms with Crippen molar-refractivity contribution in [1.29, 1.82) is 0 Å². The van der Waals surface area contributed by atoms with E-state index < -0.39 is 0 Å². The quantitative estimate of drug-likeness (QED) is 0.870. The van der Waals surface area contributed by atoms with E-state index in [-0.39, 0.29) is 0 Å². The maximum absolute atomic E-state index is 5.90. The lowest BCUT2D eigenvalue weighted by Crippen LogP contribution is -1.99. The molecule has 0 atom stereocenters. The number of nitrogens with two attached hydrogens (primary N) is 1. The fourth-order valence-electron chi connectivity index (χ4n) is 1.53. The molecule has 0 aliphatic carbocycles. The van der Waals surface area contributed by atoms with Gasteiger partial charge in [0, 0.05) is 4.47 Å². The minimum absolute atomic E-state index is 0.534. The molecular weight excluding hydrogens is 278 g/mol. The molecule has 88 valence electrons. The number of rotatable bonds is 3. The van der Waals surface area contributed by atoms with E-state index in [1.54, 1.807) is 0 Å². The third-order valence-electron chi connectivity index (χ3n) is 2.53. The molecule has 0 saturated carbocycles. The van der Waals surface area contributed by atoms with Crippen LogP contribution in [-0.2, 0) is 6.61 Å². The monoisotopic (exact) mass is 291 g/mol. The minimum atomic E-state index is 0.534. The molecule has 0 spiro atoms. The van der Waals surface area contributed by atoms with Gasteiger partial charge in [0.2, 0.25) is 0 Å². The van der Waals surface area contributed by atoms with Gasteiger partial charge in [-0.3, -0.25) is 0 Å². The Morgan fingerprint density at radius 3 is 2.59 bits per heavy atom. The van der Waals surface area contributed by atoms with Crippen molar-refractivity contribution in [3.63, 3.8) is 0 Å². The molecule has 2 aromatic rings. The van der Waals surface area contributed by atoms with Crippen molar-refractivity contribution < 1.29 is 4.74 Å². The number of hydrogen-bond donors (Lipinski definition) is 1. The molecule has 0 fully saturated rings. The summed E-state index contributed by atoms with van der Waals surface area (Å²) in [5, 5.41) is 0. The molecular formula is C14H14BrNO. The molecule has 0 bridgehead atoms. The molecule has 0 unspecified atom stereocenters. The average molecular weight is 292 g/mol. The third kappa shape index (κ3) is 3.01. The van der Waals surface area contributed by atoms with Crippen molar-refractivity contribution in [2.24, 2.45) is 0 Å². The van der Waals surface area contributed by atoms with Crippen LogP contribution in [0, 0.1) is 6.92 Å². The van der Waals surface area contributed by atoms with Crippen LogP contribution in [0.4, 0.5) is 5.69 Å². The highest BCUT2D eigenvalue weighted by atomic mass is 79.9. The summed E-state index contributed by atoms with van der Waals surface area (Å²) in [7, 11) is 0. The summed E-state index contributed by atoms with van der Waals surface area (Å²) < 4.78 is 6.71. The van der Waals surface area contributed by atoms with Gasteiger partial charge < -0.3 is 10.5 Å². The Hall–Kier alpha value is -1.48. The van der Waals surface area contributed by atoms with E-state index in [1.165, 1.54) is 0 Å². The Morgan fingerprint density at radius 1 is 1.18 bits per heavy atom. The normalized spacial score (nSPS) is 10.2. The fraction of sp³-hybridized carbons (Fsp3) is 0.143. The molecule has 0 amide bonds. The Bertz CT molecular complexity index is 511. The number of hydrogen-bond acceptors (Lipinski definition) is 2. The first-order valence-electron chi connectivity index (χ1n) is 5.39. The maximum Gasteiger partial charge on any atom is 0.143 e. The first-order chi connectivity index (χ1) is 8.16. The average Bonchev–Trinajstić information content (AvgIpc) is 2.33. The van der Waals surface area contributed by atoms with Crippen molar-refractivity contribution >= 4 is 21.6 Å². The molecule has 0 heterocycles. The van der Waals surface area contributed by atoms with Crippen LogP contribution in [0.15, 0.2) is 46.9 Å². The maximum atomic E-state index is 5.90. The lowest BCUT2D eigenvalue weighted by molar-refractivity contribution is 0.307. The summed E-state index contributed by atoms with van der Waals surface area (Å²) in [5.41, 5.74) is 8.80. The van der Waals surface area contributed by atoms with Gasteiger partial charge in [-0.25, -0.2) is 0 Å². The summed E-state index contributed by atoms with van der Waals surface area (Å²) in [6.07, 6.45) is 0.